The van der Waals surface area contributed by atoms with Crippen LogP contribution in [-0.4, -0.2) is 41.8 Å². The number of halogens is 3. The van der Waals surface area contributed by atoms with E-state index in [1.165, 1.54) is 0 Å². The Morgan fingerprint density at radius 3 is 2.54 bits per heavy atom. The van der Waals surface area contributed by atoms with Crippen LogP contribution in [0, 0.1) is 0 Å². The van der Waals surface area contributed by atoms with Crippen molar-refractivity contribution in [3.63, 3.8) is 0 Å². The van der Waals surface area contributed by atoms with Crippen molar-refractivity contribution in [3.8, 4) is 0 Å². The quantitative estimate of drug-likeness (QED) is 0.655. The standard InChI is InChI=1S/C6H10F3NO2S/c7-6(8,9)4-10-5(12)3-13-2-1-11/h11H,1-4H2,(H,10,12). The number of hydrogen-bond donors (Lipinski definition) is 2. The van der Waals surface area contributed by atoms with E-state index in [1.54, 1.807) is 5.32 Å². The van der Waals surface area contributed by atoms with Gasteiger partial charge in [-0.05, 0) is 0 Å². The lowest BCUT2D eigenvalue weighted by atomic mass is 10.6. The van der Waals surface area contributed by atoms with Crippen LogP contribution >= 0.6 is 11.8 Å². The number of nitrogens with one attached hydrogen (secondary N) is 1. The van der Waals surface area contributed by atoms with Crippen LogP contribution < -0.4 is 5.32 Å². The van der Waals surface area contributed by atoms with Crippen molar-refractivity contribution in [2.75, 3.05) is 24.7 Å². The number of rotatable bonds is 5. The average molecular weight is 217 g/mol. The fraction of sp³-hybridized carbons (Fsp3) is 0.833. The van der Waals surface area contributed by atoms with Crippen LogP contribution in [0.15, 0.2) is 0 Å². The van der Waals surface area contributed by atoms with E-state index < -0.39 is 18.6 Å². The molecule has 0 aliphatic rings. The van der Waals surface area contributed by atoms with Crippen LogP contribution in [0.4, 0.5) is 13.2 Å². The summed E-state index contributed by atoms with van der Waals surface area (Å²) in [7, 11) is 0. The molecule has 0 unspecified atom stereocenters. The first-order valence-electron chi connectivity index (χ1n) is 3.48. The Balaban J connectivity index is 3.41. The number of aliphatic hydroxyl groups is 1. The van der Waals surface area contributed by atoms with Gasteiger partial charge in [0.15, 0.2) is 0 Å². The molecular formula is C6H10F3NO2S. The summed E-state index contributed by atoms with van der Waals surface area (Å²) in [5.74, 6) is -0.383. The Morgan fingerprint density at radius 2 is 2.08 bits per heavy atom. The normalized spacial score (nSPS) is 11.4. The highest BCUT2D eigenvalue weighted by Crippen LogP contribution is 2.12. The molecule has 78 valence electrons. The van der Waals surface area contributed by atoms with Gasteiger partial charge in [-0.2, -0.15) is 13.2 Å². The first kappa shape index (κ1) is 12.6. The third-order valence-corrected chi connectivity index (χ3v) is 1.89. The number of carbonyl (C=O) groups is 1. The largest absolute Gasteiger partial charge is 0.405 e. The minimum atomic E-state index is -4.36. The molecule has 13 heavy (non-hydrogen) atoms. The molecule has 0 aliphatic carbocycles. The first-order valence-corrected chi connectivity index (χ1v) is 4.63. The van der Waals surface area contributed by atoms with Crippen molar-refractivity contribution in [1.82, 2.24) is 5.32 Å². The van der Waals surface area contributed by atoms with Gasteiger partial charge in [-0.1, -0.05) is 0 Å². The number of alkyl halides is 3. The molecular weight excluding hydrogens is 207 g/mol. The lowest BCUT2D eigenvalue weighted by Gasteiger charge is -2.07. The first-order chi connectivity index (χ1) is 5.95. The van der Waals surface area contributed by atoms with E-state index in [0.717, 1.165) is 11.8 Å². The Hall–Kier alpha value is -0.430. The minimum absolute atomic E-state index is 0.0589. The van der Waals surface area contributed by atoms with E-state index in [-0.39, 0.29) is 12.4 Å². The van der Waals surface area contributed by atoms with Crippen molar-refractivity contribution in [2.45, 2.75) is 6.18 Å². The topological polar surface area (TPSA) is 49.3 Å². The highest BCUT2D eigenvalue weighted by Gasteiger charge is 2.27. The van der Waals surface area contributed by atoms with Gasteiger partial charge < -0.3 is 10.4 Å². The number of amides is 1. The van der Waals surface area contributed by atoms with Crippen molar-refractivity contribution < 1.29 is 23.1 Å². The maximum atomic E-state index is 11.5. The Kier molecular flexibility index (Phi) is 5.89. The molecule has 0 aromatic heterocycles. The van der Waals surface area contributed by atoms with Gasteiger partial charge in [0.05, 0.1) is 12.4 Å². The van der Waals surface area contributed by atoms with Crippen LogP contribution in [0.3, 0.4) is 0 Å². The van der Waals surface area contributed by atoms with Gasteiger partial charge in [0.1, 0.15) is 6.54 Å². The van der Waals surface area contributed by atoms with E-state index in [4.69, 9.17) is 5.11 Å². The molecule has 0 spiro atoms. The zero-order valence-electron chi connectivity index (χ0n) is 6.73. The fourth-order valence-electron chi connectivity index (χ4n) is 0.479. The molecule has 0 fully saturated rings. The van der Waals surface area contributed by atoms with E-state index in [2.05, 4.69) is 0 Å². The van der Waals surface area contributed by atoms with Crippen LogP contribution in [0.5, 0.6) is 0 Å². The second kappa shape index (κ2) is 6.09. The van der Waals surface area contributed by atoms with Gasteiger partial charge in [0, 0.05) is 5.75 Å². The van der Waals surface area contributed by atoms with Crippen molar-refractivity contribution in [2.24, 2.45) is 0 Å². The predicted octanol–water partition coefficient (Wildman–Crippen LogP) is 0.390. The summed E-state index contributed by atoms with van der Waals surface area (Å²) in [6.45, 7) is -1.39. The second-order valence-corrected chi connectivity index (χ2v) is 3.27. The number of hydrogen-bond acceptors (Lipinski definition) is 3. The molecule has 1 amide bonds. The van der Waals surface area contributed by atoms with Crippen molar-refractivity contribution in [3.05, 3.63) is 0 Å². The third-order valence-electron chi connectivity index (χ3n) is 0.955. The Labute approximate surface area is 77.7 Å². The van der Waals surface area contributed by atoms with Crippen LogP contribution in [0.25, 0.3) is 0 Å². The molecule has 0 aliphatic heterocycles. The second-order valence-electron chi connectivity index (χ2n) is 2.17. The van der Waals surface area contributed by atoms with Crippen LogP contribution in [-0.2, 0) is 4.79 Å². The summed E-state index contributed by atoms with van der Waals surface area (Å²) >= 11 is 1.08. The molecule has 0 saturated carbocycles. The highest BCUT2D eigenvalue weighted by atomic mass is 32.2. The maximum absolute atomic E-state index is 11.5. The minimum Gasteiger partial charge on any atom is -0.396 e. The zero-order valence-corrected chi connectivity index (χ0v) is 7.54. The number of aliphatic hydroxyl groups excluding tert-OH is 1. The molecule has 0 radical (unpaired) electrons. The lowest BCUT2D eigenvalue weighted by Crippen LogP contribution is -2.34. The van der Waals surface area contributed by atoms with E-state index in [9.17, 15) is 18.0 Å². The fourth-order valence-corrected chi connectivity index (χ4v) is 1.04. The molecule has 3 nitrogen and oxygen atoms in total. The molecule has 0 bridgehead atoms. The van der Waals surface area contributed by atoms with E-state index >= 15 is 0 Å². The molecule has 0 saturated heterocycles. The van der Waals surface area contributed by atoms with Gasteiger partial charge in [-0.25, -0.2) is 0 Å². The maximum Gasteiger partial charge on any atom is 0.405 e. The summed E-state index contributed by atoms with van der Waals surface area (Å²) in [5, 5.41) is 10.0. The SMILES string of the molecule is O=C(CSCCO)NCC(F)(F)F. The Bertz CT molecular complexity index is 162. The van der Waals surface area contributed by atoms with Gasteiger partial charge in [0.2, 0.25) is 5.91 Å². The van der Waals surface area contributed by atoms with Crippen molar-refractivity contribution in [1.29, 1.82) is 0 Å². The molecule has 7 heteroatoms. The molecule has 2 N–H and O–H groups in total. The Morgan fingerprint density at radius 1 is 1.46 bits per heavy atom. The van der Waals surface area contributed by atoms with E-state index in [0.29, 0.717) is 5.75 Å². The summed E-state index contributed by atoms with van der Waals surface area (Å²) in [5.41, 5.74) is 0. The van der Waals surface area contributed by atoms with Gasteiger partial charge in [-0.3, -0.25) is 4.79 Å². The lowest BCUT2D eigenvalue weighted by molar-refractivity contribution is -0.136. The summed E-state index contributed by atoms with van der Waals surface area (Å²) in [4.78, 5) is 10.7. The molecule has 0 heterocycles. The zero-order chi connectivity index (χ0) is 10.3. The molecule has 0 rings (SSSR count). The molecule has 0 aromatic carbocycles. The van der Waals surface area contributed by atoms with Gasteiger partial charge in [0.25, 0.3) is 0 Å². The van der Waals surface area contributed by atoms with Crippen LogP contribution in [0.1, 0.15) is 0 Å². The molecule has 0 aromatic rings. The predicted molar refractivity (Wildman–Crippen MR) is 43.5 cm³/mol. The smallest absolute Gasteiger partial charge is 0.396 e. The molecule has 0 atom stereocenters. The van der Waals surface area contributed by atoms with Gasteiger partial charge >= 0.3 is 6.18 Å². The summed E-state index contributed by atoms with van der Waals surface area (Å²) in [6.07, 6.45) is -4.36. The average Bonchev–Trinajstić information content (AvgIpc) is 2.00. The number of carbonyl (C=O) groups excluding carboxylic acids is 1. The summed E-state index contributed by atoms with van der Waals surface area (Å²) < 4.78 is 34.6. The van der Waals surface area contributed by atoms with E-state index in [1.807, 2.05) is 0 Å². The van der Waals surface area contributed by atoms with Crippen molar-refractivity contribution >= 4 is 17.7 Å². The third kappa shape index (κ3) is 9.48. The summed E-state index contributed by atoms with van der Waals surface area (Å²) in [6, 6.07) is 0. The number of thioether (sulfide) groups is 1. The van der Waals surface area contributed by atoms with Crippen LogP contribution in [0.2, 0.25) is 0 Å². The monoisotopic (exact) mass is 217 g/mol. The highest BCUT2D eigenvalue weighted by molar-refractivity contribution is 7.99. The van der Waals surface area contributed by atoms with Gasteiger partial charge in [-0.15, -0.1) is 11.8 Å².